The summed E-state index contributed by atoms with van der Waals surface area (Å²) in [7, 11) is 1.51. The van der Waals surface area contributed by atoms with Crippen LogP contribution in [-0.2, 0) is 0 Å². The molecule has 154 valence electrons. The lowest BCUT2D eigenvalue weighted by molar-refractivity contribution is 0.0960. The number of carbonyl (C=O) groups excluding carboxylic acids is 1. The van der Waals surface area contributed by atoms with E-state index in [4.69, 9.17) is 4.42 Å². The van der Waals surface area contributed by atoms with Crippen molar-refractivity contribution in [1.29, 1.82) is 0 Å². The number of phenols is 1. The fraction of sp³-hybridized carbons (Fsp3) is 0.350. The number of furan rings is 1. The number of anilines is 3. The summed E-state index contributed by atoms with van der Waals surface area (Å²) in [5.41, 5.74) is 1.64. The van der Waals surface area contributed by atoms with E-state index in [1.165, 1.54) is 7.05 Å². The van der Waals surface area contributed by atoms with Gasteiger partial charge in [0, 0.05) is 7.05 Å². The maximum atomic E-state index is 11.9. The van der Waals surface area contributed by atoms with Crippen LogP contribution in [0.3, 0.4) is 0 Å². The third-order valence-corrected chi connectivity index (χ3v) is 5.23. The number of carbonyl (C=O) groups is 1. The van der Waals surface area contributed by atoms with Crippen LogP contribution in [0.15, 0.2) is 28.7 Å². The van der Waals surface area contributed by atoms with Crippen molar-refractivity contribution < 1.29 is 14.3 Å². The van der Waals surface area contributed by atoms with Gasteiger partial charge in [-0.3, -0.25) is 4.79 Å². The van der Waals surface area contributed by atoms with Gasteiger partial charge in [0.15, 0.2) is 17.4 Å². The van der Waals surface area contributed by atoms with Crippen LogP contribution in [0, 0.1) is 19.8 Å². The molecule has 0 fully saturated rings. The van der Waals surface area contributed by atoms with E-state index in [1.807, 2.05) is 19.9 Å². The van der Waals surface area contributed by atoms with Crippen LogP contribution in [0.25, 0.3) is 0 Å². The number of para-hydroxylation sites is 1. The summed E-state index contributed by atoms with van der Waals surface area (Å²) >= 11 is 1.05. The fourth-order valence-electron chi connectivity index (χ4n) is 2.92. The minimum atomic E-state index is -0.371. The van der Waals surface area contributed by atoms with Crippen molar-refractivity contribution in [2.45, 2.75) is 33.7 Å². The van der Waals surface area contributed by atoms with E-state index >= 15 is 0 Å². The lowest BCUT2D eigenvalue weighted by Gasteiger charge is -2.20. The molecule has 2 aromatic heterocycles. The highest BCUT2D eigenvalue weighted by Crippen LogP contribution is 2.35. The van der Waals surface area contributed by atoms with E-state index in [0.717, 1.165) is 28.8 Å². The second-order valence-electron chi connectivity index (χ2n) is 7.12. The number of nitrogens with one attached hydrogen (secondary N) is 3. The van der Waals surface area contributed by atoms with E-state index < -0.39 is 0 Å². The lowest BCUT2D eigenvalue weighted by Crippen LogP contribution is -2.18. The quantitative estimate of drug-likeness (QED) is 0.424. The topological polar surface area (TPSA) is 112 Å². The van der Waals surface area contributed by atoms with E-state index in [-0.39, 0.29) is 29.2 Å². The molecule has 4 N–H and O–H groups in total. The molecule has 0 aliphatic rings. The Labute approximate surface area is 173 Å². The summed E-state index contributed by atoms with van der Waals surface area (Å²) in [5.74, 6) is 2.44. The van der Waals surface area contributed by atoms with Crippen molar-refractivity contribution >= 4 is 35.0 Å². The van der Waals surface area contributed by atoms with Gasteiger partial charge >= 0.3 is 0 Å². The summed E-state index contributed by atoms with van der Waals surface area (Å²) in [4.78, 5) is 11.9. The number of amides is 1. The van der Waals surface area contributed by atoms with Crippen molar-refractivity contribution in [3.8, 4) is 5.75 Å². The number of benzene rings is 1. The standard InChI is InChI=1S/C20H25N5O3S/c1-10(2)16(15-9-11(3)12(4)28-15)23-19-18(24-29-25-19)22-14-8-6-7-13(17(14)26)20(27)21-5/h6-10,16,26H,1-5H3,(H,21,27)(H,22,24)(H,23,25)/t16-/m1/s1. The Kier molecular flexibility index (Phi) is 6.07. The van der Waals surface area contributed by atoms with Crippen molar-refractivity contribution in [3.05, 3.63) is 46.9 Å². The first-order valence-electron chi connectivity index (χ1n) is 9.29. The van der Waals surface area contributed by atoms with Gasteiger partial charge in [-0.25, -0.2) is 0 Å². The molecule has 9 heteroatoms. The first kappa shape index (κ1) is 20.7. The molecule has 0 saturated heterocycles. The number of hydrogen-bond donors (Lipinski definition) is 4. The third-order valence-electron chi connectivity index (χ3n) is 4.70. The molecule has 8 nitrogen and oxygen atoms in total. The number of nitrogens with zero attached hydrogens (tertiary/aromatic N) is 2. The summed E-state index contributed by atoms with van der Waals surface area (Å²) in [6, 6.07) is 6.83. The first-order chi connectivity index (χ1) is 13.8. The second kappa shape index (κ2) is 8.52. The number of aromatic nitrogens is 2. The molecule has 1 aromatic carbocycles. The summed E-state index contributed by atoms with van der Waals surface area (Å²) < 4.78 is 14.5. The highest BCUT2D eigenvalue weighted by molar-refractivity contribution is 6.99. The number of rotatable bonds is 7. The molecule has 0 saturated carbocycles. The molecule has 1 atom stereocenters. The molecule has 0 radical (unpaired) electrons. The zero-order valence-electron chi connectivity index (χ0n) is 17.0. The smallest absolute Gasteiger partial charge is 0.254 e. The Balaban J connectivity index is 1.87. The highest BCUT2D eigenvalue weighted by Gasteiger charge is 2.23. The maximum absolute atomic E-state index is 11.9. The molecular formula is C20H25N5O3S. The molecule has 0 aliphatic heterocycles. The number of aromatic hydroxyl groups is 1. The zero-order chi connectivity index (χ0) is 21.1. The average Bonchev–Trinajstić information content (AvgIpc) is 3.26. The molecule has 3 rings (SSSR count). The Bertz CT molecular complexity index is 992. The van der Waals surface area contributed by atoms with Crippen LogP contribution >= 0.6 is 11.7 Å². The van der Waals surface area contributed by atoms with Crippen LogP contribution in [0.4, 0.5) is 17.3 Å². The molecule has 0 bridgehead atoms. The van der Waals surface area contributed by atoms with E-state index in [9.17, 15) is 9.90 Å². The molecule has 0 spiro atoms. The largest absolute Gasteiger partial charge is 0.505 e. The van der Waals surface area contributed by atoms with Crippen LogP contribution in [0.2, 0.25) is 0 Å². The SMILES string of the molecule is CNC(=O)c1cccc(Nc2nsnc2N[C@@H](c2cc(C)c(C)o2)C(C)C)c1O. The van der Waals surface area contributed by atoms with Crippen molar-refractivity contribution in [2.24, 2.45) is 5.92 Å². The van der Waals surface area contributed by atoms with Crippen LogP contribution < -0.4 is 16.0 Å². The van der Waals surface area contributed by atoms with E-state index in [0.29, 0.717) is 17.3 Å². The van der Waals surface area contributed by atoms with Crippen molar-refractivity contribution in [2.75, 3.05) is 17.7 Å². The predicted molar refractivity (Wildman–Crippen MR) is 114 cm³/mol. The monoisotopic (exact) mass is 415 g/mol. The minimum absolute atomic E-state index is 0.0994. The van der Waals surface area contributed by atoms with Gasteiger partial charge in [-0.05, 0) is 43.5 Å². The lowest BCUT2D eigenvalue weighted by atomic mass is 10.0. The van der Waals surface area contributed by atoms with Gasteiger partial charge < -0.3 is 25.5 Å². The number of aryl methyl sites for hydroxylation is 2. The van der Waals surface area contributed by atoms with Crippen molar-refractivity contribution in [1.82, 2.24) is 14.1 Å². The molecule has 0 unspecified atom stereocenters. The van der Waals surface area contributed by atoms with Gasteiger partial charge in [0.25, 0.3) is 5.91 Å². The molecule has 0 aliphatic carbocycles. The van der Waals surface area contributed by atoms with Gasteiger partial charge in [0.05, 0.1) is 29.0 Å². The van der Waals surface area contributed by atoms with Gasteiger partial charge in [-0.2, -0.15) is 8.75 Å². The fourth-order valence-corrected chi connectivity index (χ4v) is 3.40. The first-order valence-corrected chi connectivity index (χ1v) is 10.0. The average molecular weight is 416 g/mol. The van der Waals surface area contributed by atoms with Gasteiger partial charge in [0.2, 0.25) is 0 Å². The molecule has 29 heavy (non-hydrogen) atoms. The van der Waals surface area contributed by atoms with Crippen molar-refractivity contribution in [3.63, 3.8) is 0 Å². The summed E-state index contributed by atoms with van der Waals surface area (Å²) in [6.45, 7) is 8.14. The Morgan fingerprint density at radius 2 is 1.93 bits per heavy atom. The highest BCUT2D eigenvalue weighted by atomic mass is 32.1. The second-order valence-corrected chi connectivity index (χ2v) is 7.65. The van der Waals surface area contributed by atoms with Gasteiger partial charge in [0.1, 0.15) is 11.5 Å². The normalized spacial score (nSPS) is 12.1. The number of phenolic OH excluding ortho intramolecular Hbond substituents is 1. The van der Waals surface area contributed by atoms with E-state index in [1.54, 1.807) is 18.2 Å². The van der Waals surface area contributed by atoms with E-state index in [2.05, 4.69) is 38.5 Å². The van der Waals surface area contributed by atoms with Crippen LogP contribution in [0.1, 0.15) is 47.3 Å². The zero-order valence-corrected chi connectivity index (χ0v) is 17.8. The van der Waals surface area contributed by atoms with Crippen LogP contribution in [-0.4, -0.2) is 26.8 Å². The Morgan fingerprint density at radius 1 is 1.21 bits per heavy atom. The molecule has 1 amide bonds. The Hall–Kier alpha value is -3.07. The van der Waals surface area contributed by atoms with Gasteiger partial charge in [-0.1, -0.05) is 19.9 Å². The number of hydrogen-bond acceptors (Lipinski definition) is 8. The maximum Gasteiger partial charge on any atom is 0.254 e. The predicted octanol–water partition coefficient (Wildman–Crippen LogP) is 4.37. The summed E-state index contributed by atoms with van der Waals surface area (Å²) in [6.07, 6.45) is 0. The molecule has 3 aromatic rings. The molecular weight excluding hydrogens is 390 g/mol. The minimum Gasteiger partial charge on any atom is -0.505 e. The molecule has 2 heterocycles. The Morgan fingerprint density at radius 3 is 2.55 bits per heavy atom. The summed E-state index contributed by atoms with van der Waals surface area (Å²) in [5, 5.41) is 19.4. The van der Waals surface area contributed by atoms with Crippen LogP contribution in [0.5, 0.6) is 5.75 Å². The third kappa shape index (κ3) is 4.34. The van der Waals surface area contributed by atoms with Gasteiger partial charge in [-0.15, -0.1) is 0 Å².